The molecule has 3 nitrogen and oxygen atoms in total. The predicted octanol–water partition coefficient (Wildman–Crippen LogP) is 2.93. The van der Waals surface area contributed by atoms with Crippen LogP contribution in [-0.4, -0.2) is 25.6 Å². The highest BCUT2D eigenvalue weighted by Gasteiger charge is 2.18. The average Bonchev–Trinajstić information content (AvgIpc) is 2.36. The van der Waals surface area contributed by atoms with Crippen molar-refractivity contribution in [1.82, 2.24) is 0 Å². The fourth-order valence-corrected chi connectivity index (χ4v) is 1.99. The Hall–Kier alpha value is -1.35. The quantitative estimate of drug-likeness (QED) is 0.746. The van der Waals surface area contributed by atoms with Crippen LogP contribution in [0.25, 0.3) is 0 Å². The van der Waals surface area contributed by atoms with E-state index in [1.165, 1.54) is 0 Å². The first-order valence-electron chi connectivity index (χ1n) is 6.40. The number of carbonyl (C=O) groups excluding carboxylic acids is 1. The number of benzene rings is 1. The van der Waals surface area contributed by atoms with Crippen LogP contribution in [0, 0.1) is 6.92 Å². The van der Waals surface area contributed by atoms with Gasteiger partial charge < -0.3 is 9.47 Å². The van der Waals surface area contributed by atoms with Crippen LogP contribution in [0.3, 0.4) is 0 Å². The van der Waals surface area contributed by atoms with Crippen molar-refractivity contribution in [1.29, 1.82) is 0 Å². The van der Waals surface area contributed by atoms with Crippen molar-refractivity contribution >= 4 is 5.78 Å². The highest BCUT2D eigenvalue weighted by Crippen LogP contribution is 2.21. The summed E-state index contributed by atoms with van der Waals surface area (Å²) in [6.07, 6.45) is 0.768. The molecule has 0 heterocycles. The summed E-state index contributed by atoms with van der Waals surface area (Å²) in [6.45, 7) is 6.44. The first-order valence-corrected chi connectivity index (χ1v) is 6.40. The van der Waals surface area contributed by atoms with Gasteiger partial charge >= 0.3 is 0 Å². The highest BCUT2D eigenvalue weighted by molar-refractivity contribution is 5.85. The first-order chi connectivity index (χ1) is 8.62. The highest BCUT2D eigenvalue weighted by atomic mass is 16.5. The molecule has 1 atom stereocenters. The number of Topliss-reactive ketones (excluding diaryl/α,β-unsaturated/α-hetero) is 1. The second-order valence-corrected chi connectivity index (χ2v) is 4.31. The maximum atomic E-state index is 12.1. The molecule has 0 aliphatic carbocycles. The third kappa shape index (κ3) is 3.84. The fourth-order valence-electron chi connectivity index (χ4n) is 1.99. The molecule has 0 fully saturated rings. The molecule has 0 aliphatic heterocycles. The minimum atomic E-state index is -0.305. The number of hydrogen-bond acceptors (Lipinski definition) is 3. The van der Waals surface area contributed by atoms with Gasteiger partial charge in [-0.15, -0.1) is 0 Å². The largest absolute Gasteiger partial charge is 0.496 e. The zero-order valence-electron chi connectivity index (χ0n) is 11.7. The number of hydrogen-bond donors (Lipinski definition) is 0. The molecule has 0 bridgehead atoms. The topological polar surface area (TPSA) is 35.5 Å². The lowest BCUT2D eigenvalue weighted by atomic mass is 10.0. The third-order valence-corrected chi connectivity index (χ3v) is 2.90. The van der Waals surface area contributed by atoms with Crippen LogP contribution < -0.4 is 4.74 Å². The summed E-state index contributed by atoms with van der Waals surface area (Å²) in [5, 5.41) is 0. The van der Waals surface area contributed by atoms with Crippen molar-refractivity contribution in [3.8, 4) is 5.75 Å². The lowest BCUT2D eigenvalue weighted by Gasteiger charge is -2.15. The Morgan fingerprint density at radius 1 is 1.33 bits per heavy atom. The number of carbonyl (C=O) groups is 1. The number of rotatable bonds is 7. The second kappa shape index (κ2) is 7.17. The van der Waals surface area contributed by atoms with E-state index in [0.717, 1.165) is 16.9 Å². The summed E-state index contributed by atoms with van der Waals surface area (Å²) < 4.78 is 10.7. The first kappa shape index (κ1) is 14.7. The van der Waals surface area contributed by atoms with Gasteiger partial charge in [-0.3, -0.25) is 4.79 Å². The standard InChI is InChI=1S/C15H22O3/c1-5-14(18-6-2)13(16)10-12-9-11(3)7-8-15(12)17-4/h7-9,14H,5-6,10H2,1-4H3. The van der Waals surface area contributed by atoms with Gasteiger partial charge in [-0.1, -0.05) is 24.6 Å². The minimum absolute atomic E-state index is 0.114. The summed E-state index contributed by atoms with van der Waals surface area (Å²) >= 11 is 0. The van der Waals surface area contributed by atoms with Gasteiger partial charge in [0.05, 0.1) is 7.11 Å². The summed E-state index contributed by atoms with van der Waals surface area (Å²) in [7, 11) is 1.62. The van der Waals surface area contributed by atoms with E-state index in [0.29, 0.717) is 19.4 Å². The zero-order valence-corrected chi connectivity index (χ0v) is 11.7. The summed E-state index contributed by atoms with van der Waals surface area (Å²) in [4.78, 5) is 12.1. The SMILES string of the molecule is CCOC(CC)C(=O)Cc1cc(C)ccc1OC. The smallest absolute Gasteiger partial charge is 0.166 e. The number of ketones is 1. The van der Waals surface area contributed by atoms with E-state index in [-0.39, 0.29) is 11.9 Å². The maximum absolute atomic E-state index is 12.1. The molecule has 18 heavy (non-hydrogen) atoms. The van der Waals surface area contributed by atoms with Crippen LogP contribution in [0.1, 0.15) is 31.4 Å². The molecule has 0 radical (unpaired) electrons. The van der Waals surface area contributed by atoms with E-state index in [1.807, 2.05) is 39.0 Å². The van der Waals surface area contributed by atoms with Crippen LogP contribution in [0.2, 0.25) is 0 Å². The van der Waals surface area contributed by atoms with Gasteiger partial charge in [0.2, 0.25) is 0 Å². The van der Waals surface area contributed by atoms with Crippen molar-refractivity contribution in [2.45, 2.75) is 39.7 Å². The molecule has 1 unspecified atom stereocenters. The normalized spacial score (nSPS) is 12.2. The van der Waals surface area contributed by atoms with Gasteiger partial charge in [0.1, 0.15) is 11.9 Å². The molecular weight excluding hydrogens is 228 g/mol. The van der Waals surface area contributed by atoms with Crippen molar-refractivity contribution in [2.75, 3.05) is 13.7 Å². The number of methoxy groups -OCH3 is 1. The summed E-state index contributed by atoms with van der Waals surface area (Å²) in [5.41, 5.74) is 2.06. The number of aryl methyl sites for hydroxylation is 1. The lowest BCUT2D eigenvalue weighted by molar-refractivity contribution is -0.129. The Morgan fingerprint density at radius 3 is 2.61 bits per heavy atom. The number of ether oxygens (including phenoxy) is 2. The van der Waals surface area contributed by atoms with E-state index in [9.17, 15) is 4.79 Å². The molecule has 0 saturated heterocycles. The van der Waals surface area contributed by atoms with Gasteiger partial charge in [0.15, 0.2) is 5.78 Å². The van der Waals surface area contributed by atoms with E-state index >= 15 is 0 Å². The van der Waals surface area contributed by atoms with Gasteiger partial charge in [-0.25, -0.2) is 0 Å². The summed E-state index contributed by atoms with van der Waals surface area (Å²) in [6, 6.07) is 5.88. The molecule has 0 aromatic heterocycles. The van der Waals surface area contributed by atoms with Crippen molar-refractivity contribution < 1.29 is 14.3 Å². The lowest BCUT2D eigenvalue weighted by Crippen LogP contribution is -2.25. The molecule has 1 rings (SSSR count). The molecule has 3 heteroatoms. The van der Waals surface area contributed by atoms with Crippen LogP contribution in [0.15, 0.2) is 18.2 Å². The second-order valence-electron chi connectivity index (χ2n) is 4.31. The van der Waals surface area contributed by atoms with E-state index in [1.54, 1.807) is 7.11 Å². The Balaban J connectivity index is 2.82. The molecule has 1 aromatic carbocycles. The van der Waals surface area contributed by atoms with E-state index in [2.05, 4.69) is 0 Å². The fraction of sp³-hybridized carbons (Fsp3) is 0.533. The predicted molar refractivity (Wildman–Crippen MR) is 72.1 cm³/mol. The van der Waals surface area contributed by atoms with Gasteiger partial charge in [0, 0.05) is 18.6 Å². The van der Waals surface area contributed by atoms with E-state index < -0.39 is 0 Å². The maximum Gasteiger partial charge on any atom is 0.166 e. The molecule has 1 aromatic rings. The molecular formula is C15H22O3. The molecule has 0 aliphatic rings. The zero-order chi connectivity index (χ0) is 13.5. The Kier molecular flexibility index (Phi) is 5.86. The van der Waals surface area contributed by atoms with Crippen LogP contribution in [0.4, 0.5) is 0 Å². The van der Waals surface area contributed by atoms with Crippen molar-refractivity contribution in [3.63, 3.8) is 0 Å². The third-order valence-electron chi connectivity index (χ3n) is 2.90. The van der Waals surface area contributed by atoms with E-state index in [4.69, 9.17) is 9.47 Å². The summed E-state index contributed by atoms with van der Waals surface area (Å²) in [5.74, 6) is 0.878. The average molecular weight is 250 g/mol. The Bertz CT molecular complexity index is 399. The molecule has 100 valence electrons. The van der Waals surface area contributed by atoms with Gasteiger partial charge in [-0.2, -0.15) is 0 Å². The van der Waals surface area contributed by atoms with Crippen molar-refractivity contribution in [2.24, 2.45) is 0 Å². The van der Waals surface area contributed by atoms with Gasteiger partial charge in [0.25, 0.3) is 0 Å². The monoisotopic (exact) mass is 250 g/mol. The Labute approximate surface area is 109 Å². The van der Waals surface area contributed by atoms with Crippen molar-refractivity contribution in [3.05, 3.63) is 29.3 Å². The molecule has 0 spiro atoms. The van der Waals surface area contributed by atoms with Crippen LogP contribution >= 0.6 is 0 Å². The van der Waals surface area contributed by atoms with Crippen LogP contribution in [-0.2, 0) is 16.0 Å². The van der Waals surface area contributed by atoms with Gasteiger partial charge in [-0.05, 0) is 26.3 Å². The molecule has 0 saturated carbocycles. The molecule has 0 amide bonds. The molecule has 0 N–H and O–H groups in total. The minimum Gasteiger partial charge on any atom is -0.496 e. The van der Waals surface area contributed by atoms with Crippen LogP contribution in [0.5, 0.6) is 5.75 Å². The Morgan fingerprint density at radius 2 is 2.06 bits per heavy atom.